The molecule has 0 aliphatic carbocycles. The fourth-order valence-corrected chi connectivity index (χ4v) is 2.29. The minimum atomic E-state index is -0.487. The summed E-state index contributed by atoms with van der Waals surface area (Å²) in [4.78, 5) is 10.1. The quantitative estimate of drug-likeness (QED) is 0.426. The van der Waals surface area contributed by atoms with Gasteiger partial charge in [0, 0.05) is 15.8 Å². The van der Waals surface area contributed by atoms with Crippen molar-refractivity contribution in [3.05, 3.63) is 28.3 Å². The van der Waals surface area contributed by atoms with Gasteiger partial charge in [-0.1, -0.05) is 17.4 Å². The summed E-state index contributed by atoms with van der Waals surface area (Å²) in [7, 11) is 0. The third-order valence-electron chi connectivity index (χ3n) is 1.93. The molecule has 0 spiro atoms. The van der Waals surface area contributed by atoms with E-state index in [0.29, 0.717) is 11.1 Å². The van der Waals surface area contributed by atoms with Crippen LogP contribution >= 0.6 is 11.3 Å². The molecule has 2 rings (SSSR count). The molecule has 0 aliphatic rings. The molecule has 0 radical (unpaired) electrons. The summed E-state index contributed by atoms with van der Waals surface area (Å²) in [6.07, 6.45) is 0. The second-order valence-electron chi connectivity index (χ2n) is 2.80. The van der Waals surface area contributed by atoms with Gasteiger partial charge < -0.3 is 11.5 Å². The van der Waals surface area contributed by atoms with E-state index >= 15 is 0 Å². The molecular formula is C8H7N3O2S. The van der Waals surface area contributed by atoms with Crippen LogP contribution in [-0.2, 0) is 0 Å². The zero-order valence-electron chi connectivity index (χ0n) is 7.06. The van der Waals surface area contributed by atoms with Crippen LogP contribution in [0.4, 0.5) is 16.4 Å². The number of benzene rings is 1. The van der Waals surface area contributed by atoms with Crippen LogP contribution < -0.4 is 11.5 Å². The molecule has 6 heteroatoms. The van der Waals surface area contributed by atoms with Crippen LogP contribution in [0.2, 0.25) is 0 Å². The number of nitrogens with two attached hydrogens (primary N) is 2. The number of rotatable bonds is 1. The van der Waals surface area contributed by atoms with Gasteiger partial charge in [-0.25, -0.2) is 0 Å². The SMILES string of the molecule is Nc1cccc2sc([N+](=O)[O-])c(N)c12. The van der Waals surface area contributed by atoms with Crippen molar-refractivity contribution in [1.29, 1.82) is 0 Å². The number of nitrogens with zero attached hydrogens (tertiary/aromatic N) is 1. The number of nitrogen functional groups attached to an aromatic ring is 2. The van der Waals surface area contributed by atoms with Crippen LogP contribution in [0.5, 0.6) is 0 Å². The van der Waals surface area contributed by atoms with Gasteiger partial charge in [0.15, 0.2) is 0 Å². The Morgan fingerprint density at radius 3 is 2.64 bits per heavy atom. The summed E-state index contributed by atoms with van der Waals surface area (Å²) < 4.78 is 0.745. The highest BCUT2D eigenvalue weighted by molar-refractivity contribution is 7.23. The molecule has 0 fully saturated rings. The number of fused-ring (bicyclic) bond motifs is 1. The molecule has 0 bridgehead atoms. The summed E-state index contributed by atoms with van der Waals surface area (Å²) in [5.41, 5.74) is 11.9. The predicted molar refractivity (Wildman–Crippen MR) is 57.3 cm³/mol. The zero-order valence-corrected chi connectivity index (χ0v) is 7.88. The highest BCUT2D eigenvalue weighted by Crippen LogP contribution is 2.41. The van der Waals surface area contributed by atoms with E-state index in [0.717, 1.165) is 16.0 Å². The Morgan fingerprint density at radius 2 is 2.07 bits per heavy atom. The molecule has 2 aromatic rings. The summed E-state index contributed by atoms with van der Waals surface area (Å²) in [5.74, 6) is 0. The second kappa shape index (κ2) is 2.85. The molecule has 4 N–H and O–H groups in total. The van der Waals surface area contributed by atoms with E-state index in [1.54, 1.807) is 18.2 Å². The van der Waals surface area contributed by atoms with Crippen molar-refractivity contribution in [2.75, 3.05) is 11.5 Å². The van der Waals surface area contributed by atoms with Gasteiger partial charge in [0.05, 0.1) is 4.92 Å². The topological polar surface area (TPSA) is 95.2 Å². The molecule has 1 heterocycles. The minimum absolute atomic E-state index is 0.0436. The van der Waals surface area contributed by atoms with Gasteiger partial charge in [0.25, 0.3) is 0 Å². The summed E-state index contributed by atoms with van der Waals surface area (Å²) in [5, 5.41) is 11.1. The van der Waals surface area contributed by atoms with E-state index in [-0.39, 0.29) is 10.7 Å². The van der Waals surface area contributed by atoms with Gasteiger partial charge in [0.1, 0.15) is 5.69 Å². The van der Waals surface area contributed by atoms with E-state index < -0.39 is 4.92 Å². The lowest BCUT2D eigenvalue weighted by Gasteiger charge is -1.95. The van der Waals surface area contributed by atoms with Crippen LogP contribution in [0.3, 0.4) is 0 Å². The zero-order chi connectivity index (χ0) is 10.3. The molecule has 5 nitrogen and oxygen atoms in total. The Kier molecular flexibility index (Phi) is 1.78. The first-order valence-electron chi connectivity index (χ1n) is 3.82. The molecule has 72 valence electrons. The molecule has 0 unspecified atom stereocenters. The third kappa shape index (κ3) is 1.08. The van der Waals surface area contributed by atoms with E-state index in [1.165, 1.54) is 0 Å². The molecule has 1 aromatic heterocycles. The Hall–Kier alpha value is -1.82. The van der Waals surface area contributed by atoms with E-state index in [9.17, 15) is 10.1 Å². The van der Waals surface area contributed by atoms with E-state index in [1.807, 2.05) is 0 Å². The maximum atomic E-state index is 10.6. The van der Waals surface area contributed by atoms with E-state index in [2.05, 4.69) is 0 Å². The van der Waals surface area contributed by atoms with Crippen molar-refractivity contribution in [1.82, 2.24) is 0 Å². The number of hydrogen-bond acceptors (Lipinski definition) is 5. The predicted octanol–water partition coefficient (Wildman–Crippen LogP) is 1.97. The van der Waals surface area contributed by atoms with Crippen molar-refractivity contribution in [3.8, 4) is 0 Å². The van der Waals surface area contributed by atoms with Crippen LogP contribution in [0.15, 0.2) is 18.2 Å². The normalized spacial score (nSPS) is 10.6. The largest absolute Gasteiger partial charge is 0.398 e. The van der Waals surface area contributed by atoms with Crippen molar-refractivity contribution < 1.29 is 4.92 Å². The monoisotopic (exact) mass is 209 g/mol. The lowest BCUT2D eigenvalue weighted by Crippen LogP contribution is -1.92. The maximum absolute atomic E-state index is 10.6. The lowest BCUT2D eigenvalue weighted by atomic mass is 10.2. The Bertz CT molecular complexity index is 521. The molecule has 0 aliphatic heterocycles. The maximum Gasteiger partial charge on any atom is 0.348 e. The van der Waals surface area contributed by atoms with Crippen molar-refractivity contribution in [3.63, 3.8) is 0 Å². The fourth-order valence-electron chi connectivity index (χ4n) is 1.32. The molecule has 0 atom stereocenters. The average molecular weight is 209 g/mol. The number of thiophene rings is 1. The van der Waals surface area contributed by atoms with Gasteiger partial charge in [-0.3, -0.25) is 10.1 Å². The average Bonchev–Trinajstić information content (AvgIpc) is 2.45. The second-order valence-corrected chi connectivity index (χ2v) is 3.83. The minimum Gasteiger partial charge on any atom is -0.398 e. The highest BCUT2D eigenvalue weighted by atomic mass is 32.1. The van der Waals surface area contributed by atoms with Gasteiger partial charge >= 0.3 is 5.00 Å². The molecule has 0 saturated heterocycles. The number of hydrogen-bond donors (Lipinski definition) is 2. The van der Waals surface area contributed by atoms with Crippen LogP contribution in [-0.4, -0.2) is 4.92 Å². The first-order valence-corrected chi connectivity index (χ1v) is 4.63. The molecule has 0 amide bonds. The standard InChI is InChI=1S/C8H7N3O2S/c9-4-2-1-3-5-6(4)7(10)8(14-5)11(12)13/h1-3H,9-10H2. The molecule has 14 heavy (non-hydrogen) atoms. The van der Waals surface area contributed by atoms with Crippen LogP contribution in [0.25, 0.3) is 10.1 Å². The van der Waals surface area contributed by atoms with Crippen molar-refractivity contribution >= 4 is 37.8 Å². The molecular weight excluding hydrogens is 202 g/mol. The summed E-state index contributed by atoms with van der Waals surface area (Å²) in [6, 6.07) is 5.19. The third-order valence-corrected chi connectivity index (χ3v) is 3.05. The van der Waals surface area contributed by atoms with Crippen molar-refractivity contribution in [2.24, 2.45) is 0 Å². The fraction of sp³-hybridized carbons (Fsp3) is 0. The Morgan fingerprint density at radius 1 is 1.36 bits per heavy atom. The van der Waals surface area contributed by atoms with Gasteiger partial charge in [-0.15, -0.1) is 0 Å². The smallest absolute Gasteiger partial charge is 0.348 e. The van der Waals surface area contributed by atoms with Crippen LogP contribution in [0, 0.1) is 10.1 Å². The van der Waals surface area contributed by atoms with E-state index in [4.69, 9.17) is 11.5 Å². The summed E-state index contributed by atoms with van der Waals surface area (Å²) in [6.45, 7) is 0. The number of nitro groups is 1. The molecule has 1 aromatic carbocycles. The van der Waals surface area contributed by atoms with Gasteiger partial charge in [-0.2, -0.15) is 0 Å². The van der Waals surface area contributed by atoms with Gasteiger partial charge in [0.2, 0.25) is 0 Å². The highest BCUT2D eigenvalue weighted by Gasteiger charge is 2.19. The summed E-state index contributed by atoms with van der Waals surface area (Å²) >= 11 is 1.04. The number of anilines is 2. The Balaban J connectivity index is 2.87. The molecule has 0 saturated carbocycles. The Labute approximate surface area is 83.1 Å². The van der Waals surface area contributed by atoms with Crippen molar-refractivity contribution in [2.45, 2.75) is 0 Å². The lowest BCUT2D eigenvalue weighted by molar-refractivity contribution is -0.379. The van der Waals surface area contributed by atoms with Crippen LogP contribution in [0.1, 0.15) is 0 Å². The first-order chi connectivity index (χ1) is 6.61. The first kappa shape index (κ1) is 8.76. The van der Waals surface area contributed by atoms with Gasteiger partial charge in [-0.05, 0) is 12.1 Å².